The summed E-state index contributed by atoms with van der Waals surface area (Å²) in [6.45, 7) is 14.6. The van der Waals surface area contributed by atoms with Crippen LogP contribution >= 0.6 is 0 Å². The standard InChI is InChI=1S/C75H55NO2/c1-73(2)58-41-47(37-39-52(58)63-60(73)43-56(46-27-14-9-15-28-46)71-65(63)54-30-17-20-35-61(54)77-71)76(70-49(44-23-10-7-11-24-44)32-22-33-50(70)45-25-12-8-13-26-45)48-38-40-53-59(42-48)75(5,6)68-64(53)66-55-31-18-21-36-62(55)78-72(66)67-51-29-16-19-34-57(51)74(3,4)69(67)68/h7-43H,1-6H3. The lowest BCUT2D eigenvalue weighted by Crippen LogP contribution is -2.24. The number of hydrogen-bond donors (Lipinski definition) is 0. The summed E-state index contributed by atoms with van der Waals surface area (Å²) in [5.41, 5.74) is 28.6. The molecule has 0 atom stereocenters. The quantitative estimate of drug-likeness (QED) is 0.166. The third kappa shape index (κ3) is 5.99. The number of hydrogen-bond acceptors (Lipinski definition) is 3. The SMILES string of the molecule is CC1(C)c2cc(N(c3ccc4c(c3)C(C)(C)c3c5c(c6oc7ccccc7c6c3-4)-c3ccccc3C5(C)C)c3c(-c4ccccc4)cccc3-c3ccccc3)ccc2-c2c1cc(-c1ccccc1)c1oc3ccccc3c21. The summed E-state index contributed by atoms with van der Waals surface area (Å²) in [5.74, 6) is 0. The van der Waals surface area contributed by atoms with E-state index in [0.717, 1.165) is 83.5 Å². The van der Waals surface area contributed by atoms with E-state index in [1.165, 1.54) is 77.5 Å². The Labute approximate surface area is 454 Å². The molecule has 78 heavy (non-hydrogen) atoms. The molecule has 16 rings (SSSR count). The number of anilines is 3. The molecule has 0 N–H and O–H groups in total. The molecule has 3 aliphatic rings. The first-order valence-corrected chi connectivity index (χ1v) is 27.5. The van der Waals surface area contributed by atoms with Gasteiger partial charge in [0.25, 0.3) is 0 Å². The van der Waals surface area contributed by atoms with Crippen molar-refractivity contribution in [2.45, 2.75) is 57.8 Å². The van der Waals surface area contributed by atoms with Crippen LogP contribution in [-0.2, 0) is 16.2 Å². The summed E-state index contributed by atoms with van der Waals surface area (Å²) in [6, 6.07) is 82.7. The van der Waals surface area contributed by atoms with Gasteiger partial charge in [0.05, 0.1) is 5.69 Å². The van der Waals surface area contributed by atoms with Gasteiger partial charge in [0.15, 0.2) is 0 Å². The minimum absolute atomic E-state index is 0.262. The van der Waals surface area contributed by atoms with E-state index in [-0.39, 0.29) is 16.2 Å². The average molecular weight is 1000 g/mol. The predicted molar refractivity (Wildman–Crippen MR) is 325 cm³/mol. The van der Waals surface area contributed by atoms with Gasteiger partial charge in [-0.1, -0.05) is 224 Å². The monoisotopic (exact) mass is 1000 g/mol. The van der Waals surface area contributed by atoms with Crippen molar-refractivity contribution in [3.05, 3.63) is 258 Å². The molecular weight excluding hydrogens is 947 g/mol. The van der Waals surface area contributed by atoms with E-state index in [1.807, 2.05) is 0 Å². The fourth-order valence-corrected chi connectivity index (χ4v) is 14.6. The third-order valence-corrected chi connectivity index (χ3v) is 18.2. The molecule has 0 saturated carbocycles. The molecule has 11 aromatic carbocycles. The molecular formula is C75H55NO2. The third-order valence-electron chi connectivity index (χ3n) is 18.2. The first-order chi connectivity index (χ1) is 38.0. The van der Waals surface area contributed by atoms with Crippen LogP contribution in [0.1, 0.15) is 74.9 Å². The highest BCUT2D eigenvalue weighted by Crippen LogP contribution is 2.64. The summed E-state index contributed by atoms with van der Waals surface area (Å²) >= 11 is 0. The lowest BCUT2D eigenvalue weighted by molar-refractivity contribution is 0.600. The van der Waals surface area contributed by atoms with Gasteiger partial charge in [-0.2, -0.15) is 0 Å². The Morgan fingerprint density at radius 3 is 1.35 bits per heavy atom. The number of fused-ring (bicyclic) bond motifs is 19. The van der Waals surface area contributed by atoms with E-state index >= 15 is 0 Å². The molecule has 0 fully saturated rings. The molecule has 2 aromatic heterocycles. The molecule has 2 heterocycles. The molecule has 13 aromatic rings. The topological polar surface area (TPSA) is 29.5 Å². The lowest BCUT2D eigenvalue weighted by Gasteiger charge is -2.33. The van der Waals surface area contributed by atoms with Crippen molar-refractivity contribution in [3.63, 3.8) is 0 Å². The zero-order valence-electron chi connectivity index (χ0n) is 44.6. The lowest BCUT2D eigenvalue weighted by atomic mass is 9.72. The van der Waals surface area contributed by atoms with Gasteiger partial charge >= 0.3 is 0 Å². The second-order valence-corrected chi connectivity index (χ2v) is 23.5. The summed E-state index contributed by atoms with van der Waals surface area (Å²) in [5, 5.41) is 4.68. The van der Waals surface area contributed by atoms with E-state index in [9.17, 15) is 0 Å². The van der Waals surface area contributed by atoms with Crippen LogP contribution in [-0.4, -0.2) is 0 Å². The molecule has 3 aliphatic carbocycles. The van der Waals surface area contributed by atoms with Gasteiger partial charge in [-0.15, -0.1) is 0 Å². The molecule has 0 spiro atoms. The maximum Gasteiger partial charge on any atom is 0.144 e. The number of rotatable bonds is 6. The van der Waals surface area contributed by atoms with E-state index in [0.29, 0.717) is 0 Å². The van der Waals surface area contributed by atoms with Crippen molar-refractivity contribution in [2.75, 3.05) is 4.90 Å². The second kappa shape index (κ2) is 15.9. The van der Waals surface area contributed by atoms with Crippen LogP contribution in [0.5, 0.6) is 0 Å². The zero-order valence-corrected chi connectivity index (χ0v) is 44.6. The predicted octanol–water partition coefficient (Wildman–Crippen LogP) is 20.9. The second-order valence-electron chi connectivity index (χ2n) is 23.5. The van der Waals surface area contributed by atoms with Crippen LogP contribution in [0.4, 0.5) is 17.1 Å². The zero-order chi connectivity index (χ0) is 52.4. The van der Waals surface area contributed by atoms with Crippen LogP contribution < -0.4 is 4.90 Å². The first-order valence-electron chi connectivity index (χ1n) is 27.5. The Bertz CT molecular complexity index is 4630. The van der Waals surface area contributed by atoms with Crippen LogP contribution in [0, 0.1) is 0 Å². The Morgan fingerprint density at radius 2 is 0.744 bits per heavy atom. The summed E-state index contributed by atoms with van der Waals surface area (Å²) in [4.78, 5) is 2.58. The summed E-state index contributed by atoms with van der Waals surface area (Å²) in [7, 11) is 0. The van der Waals surface area contributed by atoms with Crippen LogP contribution in [0.25, 0.3) is 111 Å². The normalized spacial score (nSPS) is 14.8. The Balaban J connectivity index is 0.977. The van der Waals surface area contributed by atoms with E-state index in [2.05, 4.69) is 271 Å². The fraction of sp³-hybridized carbons (Fsp3) is 0.120. The Kier molecular flexibility index (Phi) is 9.21. The van der Waals surface area contributed by atoms with E-state index < -0.39 is 0 Å². The smallest absolute Gasteiger partial charge is 0.144 e. The molecule has 0 aliphatic heterocycles. The molecule has 372 valence electrons. The summed E-state index contributed by atoms with van der Waals surface area (Å²) < 4.78 is 14.0. The maximum atomic E-state index is 7.07. The van der Waals surface area contributed by atoms with Gasteiger partial charge in [-0.25, -0.2) is 0 Å². The van der Waals surface area contributed by atoms with Crippen molar-refractivity contribution in [2.24, 2.45) is 0 Å². The van der Waals surface area contributed by atoms with Crippen LogP contribution in [0.3, 0.4) is 0 Å². The maximum absolute atomic E-state index is 7.07. The number of benzene rings is 11. The number of nitrogens with zero attached hydrogens (tertiary/aromatic N) is 1. The van der Waals surface area contributed by atoms with E-state index in [1.54, 1.807) is 0 Å². The molecule has 3 heteroatoms. The van der Waals surface area contributed by atoms with Gasteiger partial charge in [0.1, 0.15) is 22.3 Å². The number of furan rings is 2. The first kappa shape index (κ1) is 45.1. The highest BCUT2D eigenvalue weighted by atomic mass is 16.3. The molecule has 0 saturated heterocycles. The minimum atomic E-state index is -0.389. The average Bonchev–Trinajstić information content (AvgIpc) is 2.80. The molecule has 0 bridgehead atoms. The van der Waals surface area contributed by atoms with Gasteiger partial charge in [-0.05, 0) is 120 Å². The molecule has 0 amide bonds. The highest BCUT2D eigenvalue weighted by molar-refractivity contribution is 6.22. The van der Waals surface area contributed by atoms with Gasteiger partial charge in [0, 0.05) is 71.4 Å². The van der Waals surface area contributed by atoms with Gasteiger partial charge in [0.2, 0.25) is 0 Å². The largest absolute Gasteiger partial charge is 0.455 e. The van der Waals surface area contributed by atoms with Crippen LogP contribution in [0.2, 0.25) is 0 Å². The minimum Gasteiger partial charge on any atom is -0.455 e. The Morgan fingerprint density at radius 1 is 0.308 bits per heavy atom. The molecule has 0 unspecified atom stereocenters. The summed E-state index contributed by atoms with van der Waals surface area (Å²) in [6.07, 6.45) is 0. The van der Waals surface area contributed by atoms with Crippen molar-refractivity contribution >= 4 is 60.9 Å². The molecule has 0 radical (unpaired) electrons. The van der Waals surface area contributed by atoms with Crippen molar-refractivity contribution in [1.82, 2.24) is 0 Å². The van der Waals surface area contributed by atoms with Crippen molar-refractivity contribution in [1.29, 1.82) is 0 Å². The van der Waals surface area contributed by atoms with Crippen molar-refractivity contribution in [3.8, 4) is 66.8 Å². The fourth-order valence-electron chi connectivity index (χ4n) is 14.6. The van der Waals surface area contributed by atoms with Crippen molar-refractivity contribution < 1.29 is 8.83 Å². The van der Waals surface area contributed by atoms with Crippen LogP contribution in [0.15, 0.2) is 233 Å². The van der Waals surface area contributed by atoms with Gasteiger partial charge in [-0.3, -0.25) is 0 Å². The Hall–Kier alpha value is -9.18. The molecule has 3 nitrogen and oxygen atoms in total. The highest BCUT2D eigenvalue weighted by Gasteiger charge is 2.49. The number of para-hydroxylation sites is 3. The van der Waals surface area contributed by atoms with Gasteiger partial charge < -0.3 is 13.7 Å². The van der Waals surface area contributed by atoms with E-state index in [4.69, 9.17) is 8.83 Å².